The van der Waals surface area contributed by atoms with Crippen molar-refractivity contribution >= 4 is 5.97 Å². The minimum Gasteiger partial charge on any atom is -0.479 e. The molecular formula is C7H14O4. The largest absolute Gasteiger partial charge is 0.479 e. The number of rotatable bonds is 5. The molecule has 4 heteroatoms. The quantitative estimate of drug-likeness (QED) is 0.497. The zero-order valence-corrected chi connectivity index (χ0v) is 6.58. The smallest absolute Gasteiger partial charge is 0.335 e. The molecule has 4 nitrogen and oxygen atoms in total. The molecule has 0 fully saturated rings. The van der Waals surface area contributed by atoms with Crippen LogP contribution in [0.2, 0.25) is 0 Å². The molecule has 11 heavy (non-hydrogen) atoms. The van der Waals surface area contributed by atoms with E-state index in [0.717, 1.165) is 0 Å². The van der Waals surface area contributed by atoms with Gasteiger partial charge in [-0.15, -0.1) is 0 Å². The van der Waals surface area contributed by atoms with Crippen molar-refractivity contribution in [3.8, 4) is 0 Å². The van der Waals surface area contributed by atoms with E-state index in [9.17, 15) is 4.79 Å². The summed E-state index contributed by atoms with van der Waals surface area (Å²) >= 11 is 0. The molecule has 0 radical (unpaired) electrons. The van der Waals surface area contributed by atoms with E-state index in [-0.39, 0.29) is 13.0 Å². The fourth-order valence-electron chi connectivity index (χ4n) is 0.688. The number of hydrogen-bond donors (Lipinski definition) is 3. The minimum absolute atomic E-state index is 0.0374. The molecule has 0 aliphatic carbocycles. The molecule has 0 rings (SSSR count). The average molecular weight is 162 g/mol. The number of carboxylic acid groups (broad SMARTS) is 1. The highest BCUT2D eigenvalue weighted by Crippen LogP contribution is 2.12. The summed E-state index contributed by atoms with van der Waals surface area (Å²) in [6.45, 7) is 1.29. The van der Waals surface area contributed by atoms with Crippen LogP contribution in [0, 0.1) is 0 Å². The Bertz CT molecular complexity index is 130. The lowest BCUT2D eigenvalue weighted by Crippen LogP contribution is -2.34. The zero-order valence-electron chi connectivity index (χ0n) is 6.58. The molecule has 1 unspecified atom stereocenters. The van der Waals surface area contributed by atoms with Crippen molar-refractivity contribution in [1.82, 2.24) is 0 Å². The molecule has 0 bridgehead atoms. The van der Waals surface area contributed by atoms with Crippen molar-refractivity contribution in [3.63, 3.8) is 0 Å². The molecule has 0 amide bonds. The fourth-order valence-corrected chi connectivity index (χ4v) is 0.688. The number of aliphatic hydroxyl groups excluding tert-OH is 1. The molecular weight excluding hydrogens is 148 g/mol. The van der Waals surface area contributed by atoms with Gasteiger partial charge < -0.3 is 15.3 Å². The van der Waals surface area contributed by atoms with Crippen LogP contribution >= 0.6 is 0 Å². The van der Waals surface area contributed by atoms with E-state index < -0.39 is 11.6 Å². The van der Waals surface area contributed by atoms with Gasteiger partial charge in [0.15, 0.2) is 5.60 Å². The van der Waals surface area contributed by atoms with Gasteiger partial charge in [-0.1, -0.05) is 0 Å². The molecule has 3 N–H and O–H groups in total. The van der Waals surface area contributed by atoms with E-state index >= 15 is 0 Å². The van der Waals surface area contributed by atoms with Crippen LogP contribution in [0.15, 0.2) is 0 Å². The molecule has 0 spiro atoms. The highest BCUT2D eigenvalue weighted by atomic mass is 16.4. The van der Waals surface area contributed by atoms with E-state index in [1.54, 1.807) is 0 Å². The van der Waals surface area contributed by atoms with Crippen LogP contribution in [-0.2, 0) is 4.79 Å². The van der Waals surface area contributed by atoms with Gasteiger partial charge in [-0.3, -0.25) is 0 Å². The van der Waals surface area contributed by atoms with E-state index in [4.69, 9.17) is 15.3 Å². The molecule has 0 heterocycles. The SMILES string of the molecule is CC(O)(CCCCO)C(=O)O. The Balaban J connectivity index is 3.64. The lowest BCUT2D eigenvalue weighted by Gasteiger charge is -2.16. The Morgan fingerprint density at radius 1 is 1.45 bits per heavy atom. The van der Waals surface area contributed by atoms with Crippen LogP contribution in [0.1, 0.15) is 26.2 Å². The summed E-state index contributed by atoms with van der Waals surface area (Å²) < 4.78 is 0. The van der Waals surface area contributed by atoms with Crippen molar-refractivity contribution in [1.29, 1.82) is 0 Å². The van der Waals surface area contributed by atoms with Crippen molar-refractivity contribution in [2.75, 3.05) is 6.61 Å². The molecule has 0 aromatic rings. The van der Waals surface area contributed by atoms with Crippen LogP contribution < -0.4 is 0 Å². The third-order valence-corrected chi connectivity index (χ3v) is 1.53. The number of aliphatic hydroxyl groups is 2. The molecule has 0 saturated heterocycles. The van der Waals surface area contributed by atoms with E-state index in [2.05, 4.69) is 0 Å². The first-order valence-electron chi connectivity index (χ1n) is 3.57. The first-order chi connectivity index (χ1) is 5.00. The summed E-state index contributed by atoms with van der Waals surface area (Å²) in [4.78, 5) is 10.3. The van der Waals surface area contributed by atoms with Gasteiger partial charge in [0, 0.05) is 6.61 Å². The molecule has 0 aromatic heterocycles. The minimum atomic E-state index is -1.64. The Labute approximate surface area is 65.5 Å². The number of carbonyl (C=O) groups is 1. The third kappa shape index (κ3) is 3.95. The number of carboxylic acids is 1. The standard InChI is InChI=1S/C7H14O4/c1-7(11,6(9)10)4-2-3-5-8/h8,11H,2-5H2,1H3,(H,9,10). The topological polar surface area (TPSA) is 77.8 Å². The molecule has 66 valence electrons. The average Bonchev–Trinajstić information content (AvgIpc) is 1.88. The Morgan fingerprint density at radius 2 is 2.00 bits per heavy atom. The van der Waals surface area contributed by atoms with Gasteiger partial charge in [0.05, 0.1) is 0 Å². The molecule has 1 atom stereocenters. The maximum absolute atomic E-state index is 10.3. The monoisotopic (exact) mass is 162 g/mol. The first-order valence-corrected chi connectivity index (χ1v) is 3.57. The predicted molar refractivity (Wildman–Crippen MR) is 39.2 cm³/mol. The third-order valence-electron chi connectivity index (χ3n) is 1.53. The van der Waals surface area contributed by atoms with Crippen LogP contribution in [0.5, 0.6) is 0 Å². The van der Waals surface area contributed by atoms with Gasteiger partial charge in [0.1, 0.15) is 0 Å². The first kappa shape index (κ1) is 10.4. The maximum atomic E-state index is 10.3. The number of hydrogen-bond acceptors (Lipinski definition) is 3. The number of aliphatic carboxylic acids is 1. The van der Waals surface area contributed by atoms with E-state index in [1.165, 1.54) is 6.92 Å². The predicted octanol–water partition coefficient (Wildman–Crippen LogP) is -0.0154. The zero-order chi connectivity index (χ0) is 8.91. The van der Waals surface area contributed by atoms with Crippen LogP contribution in [-0.4, -0.2) is 33.5 Å². The highest BCUT2D eigenvalue weighted by molar-refractivity contribution is 5.76. The summed E-state index contributed by atoms with van der Waals surface area (Å²) in [7, 11) is 0. The highest BCUT2D eigenvalue weighted by Gasteiger charge is 2.28. The Hall–Kier alpha value is -0.610. The van der Waals surface area contributed by atoms with Crippen LogP contribution in [0.4, 0.5) is 0 Å². The summed E-state index contributed by atoms with van der Waals surface area (Å²) in [5.41, 5.74) is -1.64. The van der Waals surface area contributed by atoms with Gasteiger partial charge in [0.2, 0.25) is 0 Å². The van der Waals surface area contributed by atoms with Crippen LogP contribution in [0.3, 0.4) is 0 Å². The molecule has 0 aliphatic rings. The van der Waals surface area contributed by atoms with Gasteiger partial charge in [-0.25, -0.2) is 4.79 Å². The lowest BCUT2D eigenvalue weighted by atomic mass is 10.00. The van der Waals surface area contributed by atoms with E-state index in [0.29, 0.717) is 12.8 Å². The summed E-state index contributed by atoms with van der Waals surface area (Å²) in [5, 5.41) is 25.9. The normalized spacial score (nSPS) is 15.9. The lowest BCUT2D eigenvalue weighted by molar-refractivity contribution is -0.157. The van der Waals surface area contributed by atoms with Gasteiger partial charge in [-0.2, -0.15) is 0 Å². The van der Waals surface area contributed by atoms with Gasteiger partial charge >= 0.3 is 5.97 Å². The second-order valence-electron chi connectivity index (χ2n) is 2.76. The molecule has 0 aliphatic heterocycles. The van der Waals surface area contributed by atoms with Crippen molar-refractivity contribution in [2.45, 2.75) is 31.8 Å². The van der Waals surface area contributed by atoms with Crippen molar-refractivity contribution < 1.29 is 20.1 Å². The van der Waals surface area contributed by atoms with Crippen molar-refractivity contribution in [3.05, 3.63) is 0 Å². The summed E-state index contributed by atoms with van der Waals surface area (Å²) in [6.07, 6.45) is 1.24. The number of unbranched alkanes of at least 4 members (excludes halogenated alkanes) is 1. The molecule has 0 saturated carbocycles. The van der Waals surface area contributed by atoms with Crippen LogP contribution in [0.25, 0.3) is 0 Å². The van der Waals surface area contributed by atoms with E-state index in [1.807, 2.05) is 0 Å². The van der Waals surface area contributed by atoms with Gasteiger partial charge in [0.25, 0.3) is 0 Å². The van der Waals surface area contributed by atoms with Gasteiger partial charge in [-0.05, 0) is 26.2 Å². The second kappa shape index (κ2) is 4.31. The molecule has 0 aromatic carbocycles. The van der Waals surface area contributed by atoms with Crippen molar-refractivity contribution in [2.24, 2.45) is 0 Å². The summed E-state index contributed by atoms with van der Waals surface area (Å²) in [5.74, 6) is -1.21. The Kier molecular flexibility index (Phi) is 4.07. The maximum Gasteiger partial charge on any atom is 0.335 e. The Morgan fingerprint density at radius 3 is 2.36 bits per heavy atom. The second-order valence-corrected chi connectivity index (χ2v) is 2.76. The summed E-state index contributed by atoms with van der Waals surface area (Å²) in [6, 6.07) is 0. The fraction of sp³-hybridized carbons (Fsp3) is 0.857.